The second kappa shape index (κ2) is 5.75. The van der Waals surface area contributed by atoms with E-state index in [1.165, 1.54) is 36.8 Å². The zero-order valence-corrected chi connectivity index (χ0v) is 11.0. The topological polar surface area (TPSA) is 28.2 Å². The monoisotopic (exact) mass is 239 g/mol. The summed E-state index contributed by atoms with van der Waals surface area (Å²) in [5, 5.41) is 6.65. The molecule has 16 heavy (non-hydrogen) atoms. The van der Waals surface area contributed by atoms with Gasteiger partial charge in [0.25, 0.3) is 0 Å². The van der Waals surface area contributed by atoms with Gasteiger partial charge in [-0.05, 0) is 39.4 Å². The number of likely N-dealkylation sites (tertiary alicyclic amines) is 1. The number of hydrogen-bond acceptors (Lipinski definition) is 4. The van der Waals surface area contributed by atoms with Crippen LogP contribution in [0.5, 0.6) is 0 Å². The van der Waals surface area contributed by atoms with Crippen molar-refractivity contribution < 1.29 is 0 Å². The Hall–Kier alpha value is -0.450. The Morgan fingerprint density at radius 3 is 3.19 bits per heavy atom. The van der Waals surface area contributed by atoms with E-state index in [0.29, 0.717) is 0 Å². The zero-order chi connectivity index (χ0) is 11.4. The molecule has 0 aliphatic carbocycles. The molecule has 1 saturated heterocycles. The summed E-state index contributed by atoms with van der Waals surface area (Å²) in [5.74, 6) is 0.849. The van der Waals surface area contributed by atoms with Crippen LogP contribution < -0.4 is 5.32 Å². The van der Waals surface area contributed by atoms with Crippen LogP contribution in [-0.2, 0) is 6.42 Å². The van der Waals surface area contributed by atoms with Crippen molar-refractivity contribution in [3.05, 3.63) is 16.1 Å². The standard InChI is InChI=1S/C12H21N3S/c1-10-14-12(9-16-10)4-6-15-5-3-11(8-15)7-13-2/h9,11,13H,3-8H2,1-2H3. The van der Waals surface area contributed by atoms with Gasteiger partial charge in [0.05, 0.1) is 10.7 Å². The molecule has 0 amide bonds. The molecule has 0 saturated carbocycles. The van der Waals surface area contributed by atoms with E-state index in [1.807, 2.05) is 7.05 Å². The van der Waals surface area contributed by atoms with Crippen molar-refractivity contribution in [1.29, 1.82) is 0 Å². The summed E-state index contributed by atoms with van der Waals surface area (Å²) in [6.45, 7) is 6.92. The van der Waals surface area contributed by atoms with Gasteiger partial charge in [-0.3, -0.25) is 0 Å². The number of aromatic nitrogens is 1. The Labute approximate surface area is 102 Å². The maximum absolute atomic E-state index is 4.51. The minimum atomic E-state index is 0.849. The molecule has 2 rings (SSSR count). The summed E-state index contributed by atoms with van der Waals surface area (Å²) in [6, 6.07) is 0. The first-order valence-electron chi connectivity index (χ1n) is 6.06. The predicted octanol–water partition coefficient (Wildman–Crippen LogP) is 1.54. The SMILES string of the molecule is CNCC1CCN(CCc2csc(C)n2)C1. The van der Waals surface area contributed by atoms with Gasteiger partial charge in [-0.15, -0.1) is 11.3 Å². The van der Waals surface area contributed by atoms with E-state index in [0.717, 1.165) is 18.9 Å². The van der Waals surface area contributed by atoms with Crippen LogP contribution in [0.4, 0.5) is 0 Å². The summed E-state index contributed by atoms with van der Waals surface area (Å²) in [5.41, 5.74) is 1.26. The molecule has 1 N–H and O–H groups in total. The lowest BCUT2D eigenvalue weighted by Crippen LogP contribution is -2.26. The third-order valence-corrected chi connectivity index (χ3v) is 4.04. The number of thiazole rings is 1. The largest absolute Gasteiger partial charge is 0.319 e. The number of aryl methyl sites for hydroxylation is 1. The highest BCUT2D eigenvalue weighted by Gasteiger charge is 2.21. The average molecular weight is 239 g/mol. The van der Waals surface area contributed by atoms with Crippen LogP contribution in [0.3, 0.4) is 0 Å². The van der Waals surface area contributed by atoms with Crippen molar-refractivity contribution >= 4 is 11.3 Å². The molecule has 1 unspecified atom stereocenters. The molecular weight excluding hydrogens is 218 g/mol. The maximum atomic E-state index is 4.51. The van der Waals surface area contributed by atoms with Crippen molar-refractivity contribution in [1.82, 2.24) is 15.2 Å². The normalized spacial score (nSPS) is 21.8. The highest BCUT2D eigenvalue weighted by molar-refractivity contribution is 7.09. The van der Waals surface area contributed by atoms with Crippen molar-refractivity contribution in [3.63, 3.8) is 0 Å². The molecule has 3 nitrogen and oxygen atoms in total. The Kier molecular flexibility index (Phi) is 4.32. The number of nitrogens with zero attached hydrogens (tertiary/aromatic N) is 2. The molecule has 2 heterocycles. The highest BCUT2D eigenvalue weighted by atomic mass is 32.1. The van der Waals surface area contributed by atoms with Gasteiger partial charge in [0.1, 0.15) is 0 Å². The summed E-state index contributed by atoms with van der Waals surface area (Å²) in [6.07, 6.45) is 2.45. The first-order chi connectivity index (χ1) is 7.78. The summed E-state index contributed by atoms with van der Waals surface area (Å²) >= 11 is 1.76. The van der Waals surface area contributed by atoms with Gasteiger partial charge in [0, 0.05) is 24.9 Å². The van der Waals surface area contributed by atoms with Crippen LogP contribution in [0.25, 0.3) is 0 Å². The van der Waals surface area contributed by atoms with Gasteiger partial charge in [0.2, 0.25) is 0 Å². The minimum Gasteiger partial charge on any atom is -0.319 e. The molecule has 1 aliphatic rings. The van der Waals surface area contributed by atoms with Crippen LogP contribution in [0.2, 0.25) is 0 Å². The van der Waals surface area contributed by atoms with E-state index >= 15 is 0 Å². The van der Waals surface area contributed by atoms with E-state index < -0.39 is 0 Å². The molecule has 0 aromatic carbocycles. The molecule has 1 aliphatic heterocycles. The smallest absolute Gasteiger partial charge is 0.0897 e. The molecule has 0 spiro atoms. The molecule has 1 fully saturated rings. The summed E-state index contributed by atoms with van der Waals surface area (Å²) in [7, 11) is 2.04. The fraction of sp³-hybridized carbons (Fsp3) is 0.750. The van der Waals surface area contributed by atoms with Crippen molar-refractivity contribution in [2.75, 3.05) is 33.2 Å². The second-order valence-electron chi connectivity index (χ2n) is 4.62. The van der Waals surface area contributed by atoms with Crippen molar-refractivity contribution in [2.45, 2.75) is 19.8 Å². The molecule has 1 aromatic heterocycles. The van der Waals surface area contributed by atoms with E-state index in [-0.39, 0.29) is 0 Å². The van der Waals surface area contributed by atoms with Crippen LogP contribution in [0, 0.1) is 12.8 Å². The van der Waals surface area contributed by atoms with Crippen molar-refractivity contribution in [2.24, 2.45) is 5.92 Å². The lowest BCUT2D eigenvalue weighted by molar-refractivity contribution is 0.326. The van der Waals surface area contributed by atoms with E-state index in [4.69, 9.17) is 0 Å². The van der Waals surface area contributed by atoms with Crippen LogP contribution >= 0.6 is 11.3 Å². The van der Waals surface area contributed by atoms with Crippen molar-refractivity contribution in [3.8, 4) is 0 Å². The Morgan fingerprint density at radius 1 is 1.62 bits per heavy atom. The average Bonchev–Trinajstić information content (AvgIpc) is 2.85. The van der Waals surface area contributed by atoms with Gasteiger partial charge in [-0.2, -0.15) is 0 Å². The number of rotatable bonds is 5. The lowest BCUT2D eigenvalue weighted by atomic mass is 10.1. The molecule has 0 radical (unpaired) electrons. The summed E-state index contributed by atoms with van der Waals surface area (Å²) in [4.78, 5) is 7.07. The summed E-state index contributed by atoms with van der Waals surface area (Å²) < 4.78 is 0. The molecule has 90 valence electrons. The van der Waals surface area contributed by atoms with Gasteiger partial charge in [0.15, 0.2) is 0 Å². The first-order valence-corrected chi connectivity index (χ1v) is 6.94. The molecule has 1 aromatic rings. The number of hydrogen-bond donors (Lipinski definition) is 1. The predicted molar refractivity (Wildman–Crippen MR) is 69.0 cm³/mol. The molecule has 1 atom stereocenters. The number of nitrogens with one attached hydrogen (secondary N) is 1. The maximum Gasteiger partial charge on any atom is 0.0897 e. The van der Waals surface area contributed by atoms with Crippen LogP contribution in [-0.4, -0.2) is 43.1 Å². The van der Waals surface area contributed by atoms with E-state index in [1.54, 1.807) is 11.3 Å². The minimum absolute atomic E-state index is 0.849. The highest BCUT2D eigenvalue weighted by Crippen LogP contribution is 2.16. The molecule has 0 bridgehead atoms. The zero-order valence-electron chi connectivity index (χ0n) is 10.2. The molecular formula is C12H21N3S. The quantitative estimate of drug-likeness (QED) is 0.845. The van der Waals surface area contributed by atoms with Crippen LogP contribution in [0.1, 0.15) is 17.1 Å². The Balaban J connectivity index is 1.71. The van der Waals surface area contributed by atoms with Gasteiger partial charge in [-0.25, -0.2) is 4.98 Å². The van der Waals surface area contributed by atoms with Gasteiger partial charge < -0.3 is 10.2 Å². The fourth-order valence-electron chi connectivity index (χ4n) is 2.37. The Morgan fingerprint density at radius 2 is 2.50 bits per heavy atom. The van der Waals surface area contributed by atoms with Gasteiger partial charge >= 0.3 is 0 Å². The third kappa shape index (κ3) is 3.27. The fourth-order valence-corrected chi connectivity index (χ4v) is 3.01. The second-order valence-corrected chi connectivity index (χ2v) is 5.68. The van der Waals surface area contributed by atoms with E-state index in [9.17, 15) is 0 Å². The van der Waals surface area contributed by atoms with Gasteiger partial charge in [-0.1, -0.05) is 0 Å². The van der Waals surface area contributed by atoms with Crippen LogP contribution in [0.15, 0.2) is 5.38 Å². The van der Waals surface area contributed by atoms with E-state index in [2.05, 4.69) is 27.5 Å². The first kappa shape index (κ1) is 12.0. The Bertz CT molecular complexity index is 324. The lowest BCUT2D eigenvalue weighted by Gasteiger charge is -2.14. The molecule has 4 heteroatoms. The third-order valence-electron chi connectivity index (χ3n) is 3.21.